The maximum absolute atomic E-state index is 14.1. The van der Waals surface area contributed by atoms with Gasteiger partial charge in [-0.1, -0.05) is 77.5 Å². The van der Waals surface area contributed by atoms with E-state index in [4.69, 9.17) is 0 Å². The van der Waals surface area contributed by atoms with E-state index in [2.05, 4.69) is 21.2 Å². The summed E-state index contributed by atoms with van der Waals surface area (Å²) < 4.78 is 27.9. The molecule has 0 aliphatic carbocycles. The number of sulfonamides is 1. The van der Waals surface area contributed by atoms with E-state index in [1.807, 2.05) is 81.4 Å². The van der Waals surface area contributed by atoms with Gasteiger partial charge in [-0.15, -0.1) is 0 Å². The van der Waals surface area contributed by atoms with Crippen LogP contribution in [0.1, 0.15) is 35.6 Å². The first-order valence-corrected chi connectivity index (χ1v) is 15.5. The van der Waals surface area contributed by atoms with Crippen LogP contribution in [-0.2, 0) is 32.6 Å². The van der Waals surface area contributed by atoms with E-state index in [1.165, 1.54) is 4.90 Å². The molecule has 0 aliphatic rings. The summed E-state index contributed by atoms with van der Waals surface area (Å²) in [5, 5.41) is 2.94. The molecule has 208 valence electrons. The van der Waals surface area contributed by atoms with Gasteiger partial charge in [0.05, 0.1) is 11.9 Å². The van der Waals surface area contributed by atoms with E-state index in [9.17, 15) is 18.0 Å². The maximum Gasteiger partial charge on any atom is 0.244 e. The molecule has 0 fully saturated rings. The van der Waals surface area contributed by atoms with Crippen LogP contribution in [0.2, 0.25) is 0 Å². The van der Waals surface area contributed by atoms with Gasteiger partial charge in [0.25, 0.3) is 0 Å². The highest BCUT2D eigenvalue weighted by molar-refractivity contribution is 9.10. The number of carbonyl (C=O) groups excluding carboxylic acids is 2. The van der Waals surface area contributed by atoms with E-state index < -0.39 is 28.5 Å². The maximum atomic E-state index is 14.1. The largest absolute Gasteiger partial charge is 0.354 e. The molecule has 0 saturated carbocycles. The minimum atomic E-state index is -3.80. The Hall–Kier alpha value is -3.17. The third kappa shape index (κ3) is 8.41. The van der Waals surface area contributed by atoms with Gasteiger partial charge in [0.15, 0.2) is 0 Å². The number of carbonyl (C=O) groups is 2. The number of aryl methyl sites for hydroxylation is 1. The van der Waals surface area contributed by atoms with Crippen molar-refractivity contribution in [3.8, 4) is 0 Å². The number of anilines is 1. The van der Waals surface area contributed by atoms with Crippen LogP contribution in [-0.4, -0.2) is 50.5 Å². The molecule has 9 heteroatoms. The fourth-order valence-electron chi connectivity index (χ4n) is 4.31. The molecule has 1 atom stereocenters. The van der Waals surface area contributed by atoms with Crippen LogP contribution in [0.4, 0.5) is 5.69 Å². The molecule has 7 nitrogen and oxygen atoms in total. The fourth-order valence-corrected chi connectivity index (χ4v) is 5.47. The lowest BCUT2D eigenvalue weighted by Gasteiger charge is -2.34. The van der Waals surface area contributed by atoms with Gasteiger partial charge in [-0.2, -0.15) is 0 Å². The Bertz CT molecular complexity index is 1380. The minimum Gasteiger partial charge on any atom is -0.354 e. The normalized spacial score (nSPS) is 12.0. The van der Waals surface area contributed by atoms with E-state index in [1.54, 1.807) is 12.1 Å². The smallest absolute Gasteiger partial charge is 0.244 e. The summed E-state index contributed by atoms with van der Waals surface area (Å²) in [4.78, 5) is 29.1. The first-order valence-electron chi connectivity index (χ1n) is 12.9. The molecular formula is C30H36BrN3O4S. The van der Waals surface area contributed by atoms with Crippen molar-refractivity contribution in [3.05, 3.63) is 99.5 Å². The van der Waals surface area contributed by atoms with Crippen LogP contribution >= 0.6 is 15.9 Å². The first-order chi connectivity index (χ1) is 18.5. The molecule has 0 aromatic heterocycles. The summed E-state index contributed by atoms with van der Waals surface area (Å²) >= 11 is 3.44. The number of hydrogen-bond acceptors (Lipinski definition) is 4. The minimum absolute atomic E-state index is 0.146. The molecule has 0 bridgehead atoms. The zero-order chi connectivity index (χ0) is 28.6. The summed E-state index contributed by atoms with van der Waals surface area (Å²) in [5.41, 5.74) is 3.87. The van der Waals surface area contributed by atoms with Crippen LogP contribution in [0.5, 0.6) is 0 Å². The van der Waals surface area contributed by atoms with Gasteiger partial charge < -0.3 is 10.2 Å². The molecule has 0 aliphatic heterocycles. The third-order valence-corrected chi connectivity index (χ3v) is 8.27. The standard InChI is InChI=1S/C30H36BrN3O4S/c1-5-18-32-30(36)28(19-24-11-7-6-8-12-24)33(20-25-14-16-26(31)17-15-25)29(35)21-34(39(4,37)38)27-13-9-10-22(2)23(27)3/h6-17,28H,5,18-21H2,1-4H3,(H,32,36)/t28-/m1/s1. The first kappa shape index (κ1) is 30.4. The highest BCUT2D eigenvalue weighted by atomic mass is 79.9. The Balaban J connectivity index is 2.06. The Morgan fingerprint density at radius 2 is 1.59 bits per heavy atom. The molecule has 2 amide bonds. The van der Waals surface area contributed by atoms with Crippen molar-refractivity contribution in [3.63, 3.8) is 0 Å². The third-order valence-electron chi connectivity index (χ3n) is 6.61. The number of nitrogens with zero attached hydrogens (tertiary/aromatic N) is 2. The molecule has 0 saturated heterocycles. The molecule has 0 radical (unpaired) electrons. The Kier molecular flexibility index (Phi) is 10.7. The molecule has 1 N–H and O–H groups in total. The van der Waals surface area contributed by atoms with Crippen LogP contribution in [0.25, 0.3) is 0 Å². The average Bonchev–Trinajstić information content (AvgIpc) is 2.90. The molecule has 39 heavy (non-hydrogen) atoms. The highest BCUT2D eigenvalue weighted by Crippen LogP contribution is 2.26. The van der Waals surface area contributed by atoms with Crippen LogP contribution in [0.3, 0.4) is 0 Å². The lowest BCUT2D eigenvalue weighted by molar-refractivity contribution is -0.140. The second-order valence-electron chi connectivity index (χ2n) is 9.63. The molecule has 3 aromatic rings. The predicted octanol–water partition coefficient (Wildman–Crippen LogP) is 5.00. The van der Waals surface area contributed by atoms with Gasteiger partial charge in [0.1, 0.15) is 12.6 Å². The van der Waals surface area contributed by atoms with E-state index in [0.717, 1.165) is 43.7 Å². The van der Waals surface area contributed by atoms with Gasteiger partial charge in [0, 0.05) is 24.0 Å². The molecule has 3 aromatic carbocycles. The van der Waals surface area contributed by atoms with Crippen molar-refractivity contribution in [1.29, 1.82) is 0 Å². The number of hydrogen-bond donors (Lipinski definition) is 1. The predicted molar refractivity (Wildman–Crippen MR) is 160 cm³/mol. The van der Waals surface area contributed by atoms with Crippen molar-refractivity contribution < 1.29 is 18.0 Å². The lowest BCUT2D eigenvalue weighted by atomic mass is 10.0. The number of halogens is 1. The topological polar surface area (TPSA) is 86.8 Å². The van der Waals surface area contributed by atoms with Gasteiger partial charge in [-0.05, 0) is 60.7 Å². The quantitative estimate of drug-likeness (QED) is 0.311. The van der Waals surface area contributed by atoms with Gasteiger partial charge in [0.2, 0.25) is 21.8 Å². The second kappa shape index (κ2) is 13.8. The van der Waals surface area contributed by atoms with Crippen molar-refractivity contribution >= 4 is 43.5 Å². The van der Waals surface area contributed by atoms with Gasteiger partial charge >= 0.3 is 0 Å². The average molecular weight is 615 g/mol. The van der Waals surface area contributed by atoms with E-state index in [0.29, 0.717) is 18.7 Å². The molecular weight excluding hydrogens is 578 g/mol. The molecule has 0 heterocycles. The summed E-state index contributed by atoms with van der Waals surface area (Å²) in [6, 6.07) is 21.6. The van der Waals surface area contributed by atoms with Crippen LogP contribution in [0, 0.1) is 13.8 Å². The van der Waals surface area contributed by atoms with Crippen molar-refractivity contribution in [2.45, 2.75) is 46.2 Å². The number of nitrogens with one attached hydrogen (secondary N) is 1. The van der Waals surface area contributed by atoms with Crippen LogP contribution < -0.4 is 9.62 Å². The Labute approximate surface area is 240 Å². The zero-order valence-electron chi connectivity index (χ0n) is 22.9. The SMILES string of the molecule is CCCNC(=O)[C@@H](Cc1ccccc1)N(Cc1ccc(Br)cc1)C(=O)CN(c1cccc(C)c1C)S(C)(=O)=O. The summed E-state index contributed by atoms with van der Waals surface area (Å²) in [6.07, 6.45) is 2.14. The molecule has 0 spiro atoms. The zero-order valence-corrected chi connectivity index (χ0v) is 25.3. The lowest BCUT2D eigenvalue weighted by Crippen LogP contribution is -2.53. The van der Waals surface area contributed by atoms with Crippen molar-refractivity contribution in [2.24, 2.45) is 0 Å². The van der Waals surface area contributed by atoms with Gasteiger partial charge in [-0.25, -0.2) is 8.42 Å². The Morgan fingerprint density at radius 3 is 2.21 bits per heavy atom. The van der Waals surface area contributed by atoms with Crippen molar-refractivity contribution in [1.82, 2.24) is 10.2 Å². The fraction of sp³-hybridized carbons (Fsp3) is 0.333. The Morgan fingerprint density at radius 1 is 0.923 bits per heavy atom. The van der Waals surface area contributed by atoms with E-state index in [-0.39, 0.29) is 12.5 Å². The van der Waals surface area contributed by atoms with Crippen LogP contribution in [0.15, 0.2) is 77.3 Å². The number of benzene rings is 3. The number of amides is 2. The summed E-state index contributed by atoms with van der Waals surface area (Å²) in [5.74, 6) is -0.736. The second-order valence-corrected chi connectivity index (χ2v) is 12.5. The monoisotopic (exact) mass is 613 g/mol. The molecule has 0 unspecified atom stereocenters. The molecule has 3 rings (SSSR count). The van der Waals surface area contributed by atoms with Gasteiger partial charge in [-0.3, -0.25) is 13.9 Å². The number of rotatable bonds is 12. The summed E-state index contributed by atoms with van der Waals surface area (Å²) in [7, 11) is -3.80. The highest BCUT2D eigenvalue weighted by Gasteiger charge is 2.33. The van der Waals surface area contributed by atoms with Crippen molar-refractivity contribution in [2.75, 3.05) is 23.7 Å². The summed E-state index contributed by atoms with van der Waals surface area (Å²) in [6.45, 7) is 5.89. The van der Waals surface area contributed by atoms with E-state index >= 15 is 0 Å².